The Balaban J connectivity index is 1.39. The van der Waals surface area contributed by atoms with E-state index in [1.165, 1.54) is 16.4 Å². The fraction of sp³-hybridized carbons (Fsp3) is 0.409. The summed E-state index contributed by atoms with van der Waals surface area (Å²) in [7, 11) is -3.37. The average Bonchev–Trinajstić information content (AvgIpc) is 2.73. The minimum atomic E-state index is -3.37. The van der Waals surface area contributed by atoms with Gasteiger partial charge in [0.05, 0.1) is 5.75 Å². The van der Waals surface area contributed by atoms with Crippen LogP contribution < -0.4 is 5.32 Å². The van der Waals surface area contributed by atoms with E-state index in [1.807, 2.05) is 30.3 Å². The van der Waals surface area contributed by atoms with Crippen LogP contribution in [0.25, 0.3) is 0 Å². The van der Waals surface area contributed by atoms with Gasteiger partial charge in [0.1, 0.15) is 5.82 Å². The number of halogens is 1. The lowest BCUT2D eigenvalue weighted by Gasteiger charge is -2.30. The summed E-state index contributed by atoms with van der Waals surface area (Å²) >= 11 is 0. The highest BCUT2D eigenvalue weighted by atomic mass is 32.2. The normalized spacial score (nSPS) is 15.9. The molecule has 2 aromatic rings. The van der Waals surface area contributed by atoms with Crippen LogP contribution >= 0.6 is 0 Å². The van der Waals surface area contributed by atoms with E-state index in [-0.39, 0.29) is 23.4 Å². The Kier molecular flexibility index (Phi) is 7.39. The molecule has 0 aliphatic carbocycles. The third-order valence-electron chi connectivity index (χ3n) is 5.26. The van der Waals surface area contributed by atoms with E-state index < -0.39 is 10.0 Å². The highest BCUT2D eigenvalue weighted by Crippen LogP contribution is 2.22. The first-order valence-corrected chi connectivity index (χ1v) is 11.6. The van der Waals surface area contributed by atoms with Crippen LogP contribution in [-0.2, 0) is 27.0 Å². The predicted octanol–water partition coefficient (Wildman–Crippen LogP) is 3.12. The maximum absolute atomic E-state index is 12.9. The van der Waals surface area contributed by atoms with Crippen molar-refractivity contribution in [2.45, 2.75) is 31.4 Å². The quantitative estimate of drug-likeness (QED) is 0.670. The largest absolute Gasteiger partial charge is 0.356 e. The van der Waals surface area contributed by atoms with Gasteiger partial charge < -0.3 is 5.32 Å². The van der Waals surface area contributed by atoms with E-state index in [2.05, 4.69) is 5.32 Å². The van der Waals surface area contributed by atoms with E-state index in [9.17, 15) is 17.6 Å². The summed E-state index contributed by atoms with van der Waals surface area (Å²) in [5.74, 6) is -0.416. The molecule has 1 aliphatic rings. The molecule has 0 unspecified atom stereocenters. The lowest BCUT2D eigenvalue weighted by Crippen LogP contribution is -2.43. The van der Waals surface area contributed by atoms with Crippen molar-refractivity contribution < 1.29 is 17.6 Å². The molecule has 0 atom stereocenters. The van der Waals surface area contributed by atoms with Gasteiger partial charge in [0.15, 0.2) is 0 Å². The van der Waals surface area contributed by atoms with Gasteiger partial charge in [-0.1, -0.05) is 42.5 Å². The van der Waals surface area contributed by atoms with Crippen LogP contribution in [0, 0.1) is 11.7 Å². The van der Waals surface area contributed by atoms with Crippen molar-refractivity contribution in [3.8, 4) is 0 Å². The van der Waals surface area contributed by atoms with Crippen molar-refractivity contribution in [1.82, 2.24) is 9.62 Å². The lowest BCUT2D eigenvalue weighted by molar-refractivity contribution is -0.126. The summed E-state index contributed by atoms with van der Waals surface area (Å²) in [6.07, 6.45) is 2.63. The second-order valence-corrected chi connectivity index (χ2v) is 9.41. The van der Waals surface area contributed by atoms with Gasteiger partial charge in [-0.25, -0.2) is 17.1 Å². The van der Waals surface area contributed by atoms with E-state index in [1.54, 1.807) is 12.1 Å². The summed E-state index contributed by atoms with van der Waals surface area (Å²) in [6, 6.07) is 15.5. The molecule has 1 saturated heterocycles. The minimum Gasteiger partial charge on any atom is -0.356 e. The maximum Gasteiger partial charge on any atom is 0.223 e. The van der Waals surface area contributed by atoms with Crippen molar-refractivity contribution in [2.75, 3.05) is 19.6 Å². The molecule has 0 saturated carbocycles. The van der Waals surface area contributed by atoms with Gasteiger partial charge in [0, 0.05) is 25.6 Å². The van der Waals surface area contributed by atoms with Gasteiger partial charge in [-0.3, -0.25) is 4.79 Å². The molecule has 1 N–H and O–H groups in total. The lowest BCUT2D eigenvalue weighted by atomic mass is 9.97. The van der Waals surface area contributed by atoms with Gasteiger partial charge in [-0.2, -0.15) is 0 Å². The van der Waals surface area contributed by atoms with Gasteiger partial charge in [-0.05, 0) is 48.9 Å². The van der Waals surface area contributed by atoms with Crippen LogP contribution in [0.4, 0.5) is 4.39 Å². The molecule has 156 valence electrons. The zero-order valence-corrected chi connectivity index (χ0v) is 17.2. The fourth-order valence-corrected chi connectivity index (χ4v) is 5.14. The standard InChI is InChI=1S/C22H27FN2O3S/c23-21-10-8-18(9-11-21)7-4-14-24-22(26)20-12-15-25(16-13-20)29(27,28)17-19-5-2-1-3-6-19/h1-3,5-6,8-11,20H,4,7,12-17H2,(H,24,26). The Hall–Kier alpha value is -2.25. The second-order valence-electron chi connectivity index (χ2n) is 7.44. The number of aryl methyl sites for hydroxylation is 1. The van der Waals surface area contributed by atoms with Crippen LogP contribution in [0.1, 0.15) is 30.4 Å². The van der Waals surface area contributed by atoms with Crippen LogP contribution in [0.3, 0.4) is 0 Å². The van der Waals surface area contributed by atoms with Crippen LogP contribution in [0.15, 0.2) is 54.6 Å². The number of hydrogen-bond donors (Lipinski definition) is 1. The minimum absolute atomic E-state index is 0.00586. The third-order valence-corrected chi connectivity index (χ3v) is 7.11. The molecule has 1 aliphatic heterocycles. The number of sulfonamides is 1. The first-order valence-electron chi connectivity index (χ1n) is 9.98. The molecule has 0 bridgehead atoms. The van der Waals surface area contributed by atoms with Crippen molar-refractivity contribution in [1.29, 1.82) is 0 Å². The number of piperidine rings is 1. The molecular formula is C22H27FN2O3S. The van der Waals surface area contributed by atoms with Crippen molar-refractivity contribution in [3.63, 3.8) is 0 Å². The third kappa shape index (κ3) is 6.37. The van der Waals surface area contributed by atoms with E-state index >= 15 is 0 Å². The molecule has 1 amide bonds. The molecule has 0 aromatic heterocycles. The Bertz CT molecular complexity index is 893. The summed E-state index contributed by atoms with van der Waals surface area (Å²) in [5, 5.41) is 2.95. The van der Waals surface area contributed by atoms with Crippen molar-refractivity contribution >= 4 is 15.9 Å². The zero-order valence-electron chi connectivity index (χ0n) is 16.4. The molecule has 5 nitrogen and oxygen atoms in total. The number of amides is 1. The molecule has 0 spiro atoms. The number of carbonyl (C=O) groups is 1. The molecule has 2 aromatic carbocycles. The molecule has 3 rings (SSSR count). The summed E-state index contributed by atoms with van der Waals surface area (Å²) in [5.41, 5.74) is 1.81. The number of carbonyl (C=O) groups excluding carboxylic acids is 1. The van der Waals surface area contributed by atoms with Crippen LogP contribution in [0.2, 0.25) is 0 Å². The van der Waals surface area contributed by atoms with Gasteiger partial charge in [-0.15, -0.1) is 0 Å². The van der Waals surface area contributed by atoms with Crippen molar-refractivity contribution in [3.05, 3.63) is 71.5 Å². The molecule has 1 heterocycles. The van der Waals surface area contributed by atoms with Crippen LogP contribution in [-0.4, -0.2) is 38.3 Å². The Morgan fingerprint density at radius 1 is 1.00 bits per heavy atom. The smallest absolute Gasteiger partial charge is 0.223 e. The molecule has 7 heteroatoms. The molecule has 1 fully saturated rings. The first-order chi connectivity index (χ1) is 13.9. The van der Waals surface area contributed by atoms with E-state index in [4.69, 9.17) is 0 Å². The van der Waals surface area contributed by atoms with E-state index in [0.717, 1.165) is 24.0 Å². The number of nitrogens with one attached hydrogen (secondary N) is 1. The Morgan fingerprint density at radius 3 is 2.31 bits per heavy atom. The number of hydrogen-bond acceptors (Lipinski definition) is 3. The maximum atomic E-state index is 12.9. The zero-order chi connectivity index (χ0) is 20.7. The summed E-state index contributed by atoms with van der Waals surface area (Å²) in [4.78, 5) is 12.4. The highest BCUT2D eigenvalue weighted by Gasteiger charge is 2.30. The Morgan fingerprint density at radius 2 is 1.66 bits per heavy atom. The monoisotopic (exact) mass is 418 g/mol. The second kappa shape index (κ2) is 9.98. The van der Waals surface area contributed by atoms with Gasteiger partial charge in [0.25, 0.3) is 0 Å². The number of rotatable bonds is 8. The molecule has 29 heavy (non-hydrogen) atoms. The van der Waals surface area contributed by atoms with Gasteiger partial charge >= 0.3 is 0 Å². The fourth-order valence-electron chi connectivity index (χ4n) is 3.57. The summed E-state index contributed by atoms with van der Waals surface area (Å²) < 4.78 is 39.6. The van der Waals surface area contributed by atoms with E-state index in [0.29, 0.717) is 32.5 Å². The van der Waals surface area contributed by atoms with Gasteiger partial charge in [0.2, 0.25) is 15.9 Å². The van der Waals surface area contributed by atoms with Crippen LogP contribution in [0.5, 0.6) is 0 Å². The van der Waals surface area contributed by atoms with Crippen molar-refractivity contribution in [2.24, 2.45) is 5.92 Å². The molecular weight excluding hydrogens is 391 g/mol. The number of benzene rings is 2. The SMILES string of the molecule is O=C(NCCCc1ccc(F)cc1)C1CCN(S(=O)(=O)Cc2ccccc2)CC1. The average molecular weight is 419 g/mol. The molecule has 0 radical (unpaired) electrons. The topological polar surface area (TPSA) is 66.5 Å². The highest BCUT2D eigenvalue weighted by molar-refractivity contribution is 7.88. The number of nitrogens with zero attached hydrogens (tertiary/aromatic N) is 1. The predicted molar refractivity (Wildman–Crippen MR) is 111 cm³/mol. The Labute approximate surface area is 172 Å². The summed E-state index contributed by atoms with van der Waals surface area (Å²) in [6.45, 7) is 1.31. The first kappa shape index (κ1) is 21.5.